The van der Waals surface area contributed by atoms with Crippen LogP contribution in [0.5, 0.6) is 0 Å². The van der Waals surface area contributed by atoms with Gasteiger partial charge in [-0.3, -0.25) is 14.6 Å². The molecule has 0 aliphatic heterocycles. The first-order chi connectivity index (χ1) is 13.7. The molecule has 0 unspecified atom stereocenters. The number of benzene rings is 1. The third-order valence-electron chi connectivity index (χ3n) is 4.21. The van der Waals surface area contributed by atoms with E-state index in [1.807, 2.05) is 42.5 Å². The van der Waals surface area contributed by atoms with Gasteiger partial charge in [0, 0.05) is 11.6 Å². The lowest BCUT2D eigenvalue weighted by atomic mass is 10.1. The van der Waals surface area contributed by atoms with E-state index < -0.39 is 5.97 Å². The van der Waals surface area contributed by atoms with Crippen LogP contribution < -0.4 is 5.56 Å². The highest BCUT2D eigenvalue weighted by Gasteiger charge is 2.16. The summed E-state index contributed by atoms with van der Waals surface area (Å²) in [7, 11) is 0. The molecule has 0 aliphatic rings. The molecule has 28 heavy (non-hydrogen) atoms. The Kier molecular flexibility index (Phi) is 4.99. The van der Waals surface area contributed by atoms with E-state index in [4.69, 9.17) is 4.74 Å². The van der Waals surface area contributed by atoms with Gasteiger partial charge in [0.1, 0.15) is 12.2 Å². The zero-order chi connectivity index (χ0) is 19.5. The molecule has 4 aromatic rings. The molecule has 4 rings (SSSR count). The Morgan fingerprint density at radius 2 is 1.79 bits per heavy atom. The third kappa shape index (κ3) is 3.44. The number of aromatic nitrogens is 3. The quantitative estimate of drug-likeness (QED) is 0.485. The average Bonchev–Trinajstić information content (AvgIpc) is 3.21. The highest BCUT2D eigenvalue weighted by molar-refractivity contribution is 7.18. The van der Waals surface area contributed by atoms with Crippen LogP contribution in [0.4, 0.5) is 0 Å². The number of fused-ring (bicyclic) bond motifs is 1. The number of hydrogen-bond donors (Lipinski definition) is 0. The minimum Gasteiger partial charge on any atom is -0.465 e. The molecule has 0 N–H and O–H groups in total. The molecule has 3 heterocycles. The fraction of sp³-hybridized carbons (Fsp3) is 0.143. The van der Waals surface area contributed by atoms with Crippen LogP contribution in [0, 0.1) is 0 Å². The monoisotopic (exact) mass is 391 g/mol. The normalized spacial score (nSPS) is 10.9. The maximum Gasteiger partial charge on any atom is 0.327 e. The Morgan fingerprint density at radius 3 is 2.54 bits per heavy atom. The highest BCUT2D eigenvalue weighted by Crippen LogP contribution is 2.35. The summed E-state index contributed by atoms with van der Waals surface area (Å²) in [6.45, 7) is 1.76. The summed E-state index contributed by atoms with van der Waals surface area (Å²) in [6.07, 6.45) is 1.75. The first-order valence-electron chi connectivity index (χ1n) is 8.84. The molecule has 0 spiro atoms. The maximum atomic E-state index is 12.8. The fourth-order valence-electron chi connectivity index (χ4n) is 2.96. The molecule has 0 atom stereocenters. The summed E-state index contributed by atoms with van der Waals surface area (Å²) in [6, 6.07) is 17.0. The van der Waals surface area contributed by atoms with Crippen molar-refractivity contribution in [1.29, 1.82) is 0 Å². The average molecular weight is 391 g/mol. The van der Waals surface area contributed by atoms with Gasteiger partial charge in [-0.2, -0.15) is 5.10 Å². The second-order valence-corrected chi connectivity index (χ2v) is 7.12. The second kappa shape index (κ2) is 7.74. The Labute approximate surface area is 165 Å². The Bertz CT molecular complexity index is 1200. The third-order valence-corrected chi connectivity index (χ3v) is 5.32. The Morgan fingerprint density at radius 1 is 1.04 bits per heavy atom. The van der Waals surface area contributed by atoms with Gasteiger partial charge in [0.05, 0.1) is 27.4 Å². The van der Waals surface area contributed by atoms with Crippen molar-refractivity contribution in [2.75, 3.05) is 6.61 Å². The van der Waals surface area contributed by atoms with Gasteiger partial charge >= 0.3 is 5.97 Å². The maximum absolute atomic E-state index is 12.8. The van der Waals surface area contributed by atoms with Crippen LogP contribution in [0.3, 0.4) is 0 Å². The number of pyridine rings is 1. The van der Waals surface area contributed by atoms with Gasteiger partial charge in [0.2, 0.25) is 0 Å². The minimum absolute atomic E-state index is 0.219. The van der Waals surface area contributed by atoms with E-state index in [2.05, 4.69) is 10.1 Å². The SMILES string of the molecule is CCOC(=O)Cn1nc(-c2ccc(-c3ccccn3)s2)c2ccccc2c1=O. The van der Waals surface area contributed by atoms with Gasteiger partial charge in [-0.25, -0.2) is 4.68 Å². The first kappa shape index (κ1) is 18.1. The van der Waals surface area contributed by atoms with Gasteiger partial charge in [-0.05, 0) is 37.3 Å². The summed E-state index contributed by atoms with van der Waals surface area (Å²) in [5.74, 6) is -0.487. The number of esters is 1. The molecule has 0 saturated heterocycles. The summed E-state index contributed by atoms with van der Waals surface area (Å²) < 4.78 is 6.15. The molecule has 0 fully saturated rings. The lowest BCUT2D eigenvalue weighted by molar-refractivity contribution is -0.144. The Hall–Kier alpha value is -3.32. The molecule has 0 amide bonds. The van der Waals surface area contributed by atoms with Crippen molar-refractivity contribution in [3.8, 4) is 21.1 Å². The molecule has 0 bridgehead atoms. The van der Waals surface area contributed by atoms with E-state index in [-0.39, 0.29) is 18.7 Å². The molecular weight excluding hydrogens is 374 g/mol. The van der Waals surface area contributed by atoms with Crippen molar-refractivity contribution in [1.82, 2.24) is 14.8 Å². The van der Waals surface area contributed by atoms with Gasteiger partial charge in [0.25, 0.3) is 5.56 Å². The molecule has 0 radical (unpaired) electrons. The summed E-state index contributed by atoms with van der Waals surface area (Å²) >= 11 is 1.54. The number of carbonyl (C=O) groups is 1. The summed E-state index contributed by atoms with van der Waals surface area (Å²) in [5.41, 5.74) is 1.23. The van der Waals surface area contributed by atoms with Crippen LogP contribution in [0.2, 0.25) is 0 Å². The van der Waals surface area contributed by atoms with E-state index in [0.29, 0.717) is 11.1 Å². The largest absolute Gasteiger partial charge is 0.465 e. The van der Waals surface area contributed by atoms with Crippen LogP contribution >= 0.6 is 11.3 Å². The molecular formula is C21H17N3O3S. The topological polar surface area (TPSA) is 74.1 Å². The van der Waals surface area contributed by atoms with E-state index >= 15 is 0 Å². The van der Waals surface area contributed by atoms with Crippen molar-refractivity contribution in [3.63, 3.8) is 0 Å². The van der Waals surface area contributed by atoms with E-state index in [9.17, 15) is 9.59 Å². The summed E-state index contributed by atoms with van der Waals surface area (Å²) in [4.78, 5) is 31.0. The van der Waals surface area contributed by atoms with Crippen LogP contribution in [0.1, 0.15) is 6.92 Å². The van der Waals surface area contributed by atoms with Gasteiger partial charge < -0.3 is 4.74 Å². The molecule has 140 valence electrons. The van der Waals surface area contributed by atoms with Crippen LogP contribution in [-0.2, 0) is 16.1 Å². The molecule has 3 aromatic heterocycles. The van der Waals surface area contributed by atoms with Gasteiger partial charge in [-0.1, -0.05) is 24.3 Å². The number of nitrogens with zero attached hydrogens (tertiary/aromatic N) is 3. The van der Waals surface area contributed by atoms with E-state index in [0.717, 1.165) is 20.8 Å². The fourth-order valence-corrected chi connectivity index (χ4v) is 3.95. The molecule has 1 aromatic carbocycles. The van der Waals surface area contributed by atoms with Gasteiger partial charge in [-0.15, -0.1) is 11.3 Å². The van der Waals surface area contributed by atoms with Crippen LogP contribution in [0.15, 0.2) is 65.6 Å². The predicted octanol–water partition coefficient (Wildman–Crippen LogP) is 3.75. The lowest BCUT2D eigenvalue weighted by Crippen LogP contribution is -2.28. The molecule has 7 heteroatoms. The van der Waals surface area contributed by atoms with Crippen molar-refractivity contribution in [2.24, 2.45) is 0 Å². The zero-order valence-electron chi connectivity index (χ0n) is 15.2. The number of ether oxygens (including phenoxy) is 1. The number of rotatable bonds is 5. The highest BCUT2D eigenvalue weighted by atomic mass is 32.1. The van der Waals surface area contributed by atoms with Crippen LogP contribution in [-0.4, -0.2) is 27.3 Å². The van der Waals surface area contributed by atoms with E-state index in [1.54, 1.807) is 36.6 Å². The number of thiophene rings is 1. The van der Waals surface area contributed by atoms with Crippen LogP contribution in [0.25, 0.3) is 31.9 Å². The standard InChI is InChI=1S/C21H17N3O3S/c1-2-27-19(25)13-24-21(26)15-8-4-3-7-14(15)20(23-24)18-11-10-17(28-18)16-9-5-6-12-22-16/h3-12H,2,13H2,1H3. The summed E-state index contributed by atoms with van der Waals surface area (Å²) in [5, 5.41) is 5.76. The van der Waals surface area contributed by atoms with Crippen molar-refractivity contribution < 1.29 is 9.53 Å². The molecule has 6 nitrogen and oxygen atoms in total. The number of carbonyl (C=O) groups excluding carboxylic acids is 1. The Balaban J connectivity index is 1.85. The second-order valence-electron chi connectivity index (χ2n) is 6.04. The van der Waals surface area contributed by atoms with Crippen molar-refractivity contribution >= 4 is 28.1 Å². The molecule has 0 saturated carbocycles. The van der Waals surface area contributed by atoms with Gasteiger partial charge in [0.15, 0.2) is 0 Å². The smallest absolute Gasteiger partial charge is 0.327 e. The van der Waals surface area contributed by atoms with Crippen molar-refractivity contribution in [2.45, 2.75) is 13.5 Å². The molecule has 0 aliphatic carbocycles. The number of hydrogen-bond acceptors (Lipinski definition) is 6. The minimum atomic E-state index is -0.487. The first-order valence-corrected chi connectivity index (χ1v) is 9.66. The zero-order valence-corrected chi connectivity index (χ0v) is 16.0. The van der Waals surface area contributed by atoms with E-state index in [1.165, 1.54) is 4.68 Å². The lowest BCUT2D eigenvalue weighted by Gasteiger charge is -2.09. The predicted molar refractivity (Wildman–Crippen MR) is 109 cm³/mol. The van der Waals surface area contributed by atoms with Crippen molar-refractivity contribution in [3.05, 3.63) is 71.1 Å².